The Hall–Kier alpha value is -0.620. The van der Waals surface area contributed by atoms with Crippen LogP contribution in [0.4, 0.5) is 0 Å². The molecule has 0 aliphatic heterocycles. The fourth-order valence-corrected chi connectivity index (χ4v) is 3.65. The molecule has 0 amide bonds. The summed E-state index contributed by atoms with van der Waals surface area (Å²) in [6, 6.07) is 3.19. The molecule has 102 valence electrons. The van der Waals surface area contributed by atoms with Gasteiger partial charge in [0.25, 0.3) is 0 Å². The van der Waals surface area contributed by atoms with Crippen LogP contribution in [0.3, 0.4) is 0 Å². The van der Waals surface area contributed by atoms with Gasteiger partial charge in [0.15, 0.2) is 0 Å². The summed E-state index contributed by atoms with van der Waals surface area (Å²) in [5.74, 6) is 0. The fourth-order valence-electron chi connectivity index (χ4n) is 1.79. The molecule has 0 unspecified atom stereocenters. The molecule has 1 aromatic rings. The van der Waals surface area contributed by atoms with Crippen LogP contribution in [0.25, 0.3) is 0 Å². The highest BCUT2D eigenvalue weighted by Gasteiger charge is 2.23. The van der Waals surface area contributed by atoms with Crippen molar-refractivity contribution in [1.29, 1.82) is 0 Å². The highest BCUT2D eigenvalue weighted by molar-refractivity contribution is 7.89. The fraction of sp³-hybridized carbons (Fsp3) is 0.500. The van der Waals surface area contributed by atoms with Crippen LogP contribution in [-0.4, -0.2) is 26.3 Å². The molecule has 0 fully saturated rings. The molecule has 0 spiro atoms. The number of rotatable bonds is 5. The van der Waals surface area contributed by atoms with Crippen molar-refractivity contribution < 1.29 is 8.42 Å². The maximum absolute atomic E-state index is 12.4. The maximum atomic E-state index is 12.4. The van der Waals surface area contributed by atoms with Gasteiger partial charge in [-0.2, -0.15) is 0 Å². The van der Waals surface area contributed by atoms with E-state index in [9.17, 15) is 8.42 Å². The number of hydrogen-bond donors (Lipinski definition) is 1. The molecule has 0 aromatic heterocycles. The Morgan fingerprint density at radius 3 is 2.50 bits per heavy atom. The molecule has 1 aromatic carbocycles. The second-order valence-corrected chi connectivity index (χ2v) is 6.67. The van der Waals surface area contributed by atoms with Crippen molar-refractivity contribution in [3.63, 3.8) is 0 Å². The number of benzene rings is 1. The molecule has 2 N–H and O–H groups in total. The van der Waals surface area contributed by atoms with E-state index in [1.165, 1.54) is 10.4 Å². The summed E-state index contributed by atoms with van der Waals surface area (Å²) in [5.41, 5.74) is 7.03. The van der Waals surface area contributed by atoms with Gasteiger partial charge in [-0.1, -0.05) is 18.5 Å². The molecule has 6 heteroatoms. The van der Waals surface area contributed by atoms with Gasteiger partial charge in [-0.25, -0.2) is 12.7 Å². The van der Waals surface area contributed by atoms with E-state index < -0.39 is 10.0 Å². The number of sulfonamides is 1. The van der Waals surface area contributed by atoms with Crippen molar-refractivity contribution in [2.45, 2.75) is 31.7 Å². The summed E-state index contributed by atoms with van der Waals surface area (Å²) in [4.78, 5) is 0.242. The Kier molecular flexibility index (Phi) is 5.16. The minimum Gasteiger partial charge on any atom is -0.326 e. The van der Waals surface area contributed by atoms with Crippen molar-refractivity contribution in [2.75, 3.05) is 13.6 Å². The molecule has 4 nitrogen and oxygen atoms in total. The predicted octanol–water partition coefficient (Wildman–Crippen LogP) is 2.14. The first-order valence-corrected chi connectivity index (χ1v) is 7.61. The molecular weight excluding hydrogens is 272 g/mol. The Balaban J connectivity index is 3.37. The van der Waals surface area contributed by atoms with Crippen LogP contribution in [0.1, 0.15) is 24.5 Å². The van der Waals surface area contributed by atoms with Crippen LogP contribution in [-0.2, 0) is 16.6 Å². The summed E-state index contributed by atoms with van der Waals surface area (Å²) >= 11 is 5.95. The molecule has 0 bridgehead atoms. The third kappa shape index (κ3) is 3.03. The summed E-state index contributed by atoms with van der Waals surface area (Å²) < 4.78 is 26.1. The van der Waals surface area contributed by atoms with E-state index in [0.717, 1.165) is 12.0 Å². The van der Waals surface area contributed by atoms with Crippen molar-refractivity contribution in [2.24, 2.45) is 5.73 Å². The Morgan fingerprint density at radius 1 is 1.39 bits per heavy atom. The van der Waals surface area contributed by atoms with Crippen molar-refractivity contribution >= 4 is 21.6 Å². The smallest absolute Gasteiger partial charge is 0.243 e. The largest absolute Gasteiger partial charge is 0.326 e. The number of nitrogens with zero attached hydrogens (tertiary/aromatic N) is 1. The predicted molar refractivity (Wildman–Crippen MR) is 74.2 cm³/mol. The van der Waals surface area contributed by atoms with E-state index in [-0.39, 0.29) is 11.4 Å². The Morgan fingerprint density at radius 2 is 2.00 bits per heavy atom. The van der Waals surface area contributed by atoms with Gasteiger partial charge in [0.05, 0.1) is 4.90 Å². The first-order valence-electron chi connectivity index (χ1n) is 5.80. The van der Waals surface area contributed by atoms with Gasteiger partial charge in [0, 0.05) is 25.2 Å². The van der Waals surface area contributed by atoms with Gasteiger partial charge in [-0.05, 0) is 36.6 Å². The Labute approximate surface area is 114 Å². The van der Waals surface area contributed by atoms with Crippen LogP contribution < -0.4 is 5.73 Å². The highest BCUT2D eigenvalue weighted by atomic mass is 35.5. The normalized spacial score (nSPS) is 12.1. The lowest BCUT2D eigenvalue weighted by molar-refractivity contribution is 0.468. The molecule has 0 heterocycles. The average Bonchev–Trinajstić information content (AvgIpc) is 2.31. The zero-order chi connectivity index (χ0) is 13.9. The molecular formula is C12H19ClN2O2S. The van der Waals surface area contributed by atoms with Crippen LogP contribution in [0.5, 0.6) is 0 Å². The van der Waals surface area contributed by atoms with Crippen LogP contribution in [0.2, 0.25) is 5.02 Å². The van der Waals surface area contributed by atoms with E-state index in [1.807, 2.05) is 6.92 Å². The van der Waals surface area contributed by atoms with Gasteiger partial charge in [-0.3, -0.25) is 0 Å². The van der Waals surface area contributed by atoms with E-state index in [2.05, 4.69) is 0 Å². The minimum atomic E-state index is -3.49. The van der Waals surface area contributed by atoms with Crippen molar-refractivity contribution in [1.82, 2.24) is 4.31 Å². The van der Waals surface area contributed by atoms with Gasteiger partial charge >= 0.3 is 0 Å². The molecule has 0 saturated heterocycles. The second-order valence-electron chi connectivity index (χ2n) is 4.22. The molecule has 0 atom stereocenters. The topological polar surface area (TPSA) is 63.4 Å². The van der Waals surface area contributed by atoms with Crippen molar-refractivity contribution in [3.05, 3.63) is 28.3 Å². The molecule has 18 heavy (non-hydrogen) atoms. The lowest BCUT2D eigenvalue weighted by Crippen LogP contribution is -2.28. The van der Waals surface area contributed by atoms with Gasteiger partial charge in [-0.15, -0.1) is 0 Å². The van der Waals surface area contributed by atoms with Gasteiger partial charge < -0.3 is 5.73 Å². The van der Waals surface area contributed by atoms with E-state index in [0.29, 0.717) is 17.1 Å². The van der Waals surface area contributed by atoms with Crippen LogP contribution in [0.15, 0.2) is 17.0 Å². The summed E-state index contributed by atoms with van der Waals surface area (Å²) in [6.45, 7) is 4.44. The summed E-state index contributed by atoms with van der Waals surface area (Å²) in [7, 11) is -1.92. The van der Waals surface area contributed by atoms with E-state index in [1.54, 1.807) is 20.0 Å². The Bertz CT molecular complexity index is 529. The third-order valence-electron chi connectivity index (χ3n) is 2.88. The summed E-state index contributed by atoms with van der Waals surface area (Å²) in [6.07, 6.45) is 0.763. The van der Waals surface area contributed by atoms with Crippen molar-refractivity contribution in [3.8, 4) is 0 Å². The minimum absolute atomic E-state index is 0.242. The molecule has 1 rings (SSSR count). The first kappa shape index (κ1) is 15.4. The van der Waals surface area contributed by atoms with E-state index >= 15 is 0 Å². The third-order valence-corrected chi connectivity index (χ3v) is 5.08. The van der Waals surface area contributed by atoms with E-state index in [4.69, 9.17) is 17.3 Å². The van der Waals surface area contributed by atoms with Crippen LogP contribution >= 0.6 is 11.6 Å². The van der Waals surface area contributed by atoms with Gasteiger partial charge in [0.1, 0.15) is 0 Å². The number of halogens is 1. The second kappa shape index (κ2) is 6.02. The average molecular weight is 291 g/mol. The monoisotopic (exact) mass is 290 g/mol. The SMILES string of the molecule is CCCN(C)S(=O)(=O)c1cc(Cl)cc(CN)c1C. The lowest BCUT2D eigenvalue weighted by atomic mass is 10.1. The quantitative estimate of drug-likeness (QED) is 0.903. The molecule has 0 aliphatic carbocycles. The maximum Gasteiger partial charge on any atom is 0.243 e. The summed E-state index contributed by atoms with van der Waals surface area (Å²) in [5, 5.41) is 0.393. The molecule has 0 saturated carbocycles. The standard InChI is InChI=1S/C12H19ClN2O2S/c1-4-5-15(3)18(16,17)12-7-11(13)6-10(8-14)9(12)2/h6-7H,4-5,8,14H2,1-3H3. The molecule has 0 aliphatic rings. The zero-order valence-corrected chi connectivity index (χ0v) is 12.5. The highest BCUT2D eigenvalue weighted by Crippen LogP contribution is 2.26. The zero-order valence-electron chi connectivity index (χ0n) is 10.9. The van der Waals surface area contributed by atoms with Crippen LogP contribution in [0, 0.1) is 6.92 Å². The first-order chi connectivity index (χ1) is 8.34. The molecule has 0 radical (unpaired) electrons. The van der Waals surface area contributed by atoms with Gasteiger partial charge in [0.2, 0.25) is 10.0 Å². The lowest BCUT2D eigenvalue weighted by Gasteiger charge is -2.19. The number of nitrogens with two attached hydrogens (primary N) is 1. The number of hydrogen-bond acceptors (Lipinski definition) is 3.